The zero-order chi connectivity index (χ0) is 21.4. The van der Waals surface area contributed by atoms with E-state index >= 15 is 0 Å². The van der Waals surface area contributed by atoms with Gasteiger partial charge in [-0.2, -0.15) is 0 Å². The molecule has 2 fully saturated rings. The Morgan fingerprint density at radius 2 is 1.94 bits per heavy atom. The largest absolute Gasteiger partial charge is 0.497 e. The van der Waals surface area contributed by atoms with Crippen molar-refractivity contribution in [2.45, 2.75) is 31.2 Å². The highest BCUT2D eigenvalue weighted by atomic mass is 16.6. The quantitative estimate of drug-likeness (QED) is 0.670. The Kier molecular flexibility index (Phi) is 5.13. The van der Waals surface area contributed by atoms with Crippen LogP contribution in [-0.2, 0) is 9.47 Å². The van der Waals surface area contributed by atoms with Gasteiger partial charge in [-0.25, -0.2) is 4.68 Å². The third-order valence-corrected chi connectivity index (χ3v) is 5.79. The molecular weight excluding hydrogens is 398 g/mol. The van der Waals surface area contributed by atoms with Gasteiger partial charge in [0.15, 0.2) is 5.82 Å². The molecule has 0 aliphatic carbocycles. The normalized spacial score (nSPS) is 24.7. The van der Waals surface area contributed by atoms with E-state index in [9.17, 15) is 4.79 Å². The van der Waals surface area contributed by atoms with Gasteiger partial charge in [-0.1, -0.05) is 29.8 Å². The summed E-state index contributed by atoms with van der Waals surface area (Å²) in [5, 5.41) is 15.3. The van der Waals surface area contributed by atoms with Crippen molar-refractivity contribution in [2.24, 2.45) is 0 Å². The van der Waals surface area contributed by atoms with Crippen LogP contribution in [0, 0.1) is 6.92 Å². The lowest BCUT2D eigenvalue weighted by atomic mass is 10.0. The van der Waals surface area contributed by atoms with Gasteiger partial charge in [0.25, 0.3) is 5.91 Å². The van der Waals surface area contributed by atoms with Gasteiger partial charge in [-0.3, -0.25) is 4.79 Å². The molecule has 3 heterocycles. The van der Waals surface area contributed by atoms with Gasteiger partial charge in [0, 0.05) is 11.1 Å². The molecule has 2 saturated heterocycles. The number of benzene rings is 2. The van der Waals surface area contributed by atoms with Crippen LogP contribution in [0.25, 0.3) is 11.4 Å². The summed E-state index contributed by atoms with van der Waals surface area (Å²) in [7, 11) is 1.62. The Labute approximate surface area is 179 Å². The SMILES string of the molecule is COc1cccc(-c2nnnn2[C@H]2CO[C@H]3[C@@H]2OC[C@@H]3NC(=O)c2ccc(C)cc2)c1. The van der Waals surface area contributed by atoms with Crippen molar-refractivity contribution in [1.29, 1.82) is 0 Å². The Balaban J connectivity index is 1.32. The summed E-state index contributed by atoms with van der Waals surface area (Å²) in [4.78, 5) is 12.6. The summed E-state index contributed by atoms with van der Waals surface area (Å²) in [6, 6.07) is 14.6. The summed E-state index contributed by atoms with van der Waals surface area (Å²) in [6.07, 6.45) is -0.516. The number of aromatic nitrogens is 4. The highest BCUT2D eigenvalue weighted by Crippen LogP contribution is 2.36. The summed E-state index contributed by atoms with van der Waals surface area (Å²) in [5.74, 6) is 1.20. The minimum Gasteiger partial charge on any atom is -0.497 e. The van der Waals surface area contributed by atoms with Crippen LogP contribution in [0.2, 0.25) is 0 Å². The predicted octanol–water partition coefficient (Wildman–Crippen LogP) is 1.79. The van der Waals surface area contributed by atoms with Crippen molar-refractivity contribution >= 4 is 5.91 Å². The molecule has 0 spiro atoms. The summed E-state index contributed by atoms with van der Waals surface area (Å²) < 4.78 is 19.1. The maximum Gasteiger partial charge on any atom is 0.251 e. The van der Waals surface area contributed by atoms with Gasteiger partial charge < -0.3 is 19.5 Å². The fourth-order valence-electron chi connectivity index (χ4n) is 4.14. The van der Waals surface area contributed by atoms with Gasteiger partial charge in [0.05, 0.1) is 26.4 Å². The van der Waals surface area contributed by atoms with Crippen LogP contribution >= 0.6 is 0 Å². The van der Waals surface area contributed by atoms with E-state index in [-0.39, 0.29) is 30.2 Å². The van der Waals surface area contributed by atoms with Crippen LogP contribution < -0.4 is 10.1 Å². The molecule has 0 unspecified atom stereocenters. The first kappa shape index (κ1) is 19.7. The maximum absolute atomic E-state index is 12.6. The van der Waals surface area contributed by atoms with Gasteiger partial charge >= 0.3 is 0 Å². The lowest BCUT2D eigenvalue weighted by molar-refractivity contribution is 0.0615. The molecule has 31 heavy (non-hydrogen) atoms. The van der Waals surface area contributed by atoms with Crippen LogP contribution in [0.3, 0.4) is 0 Å². The molecule has 5 rings (SSSR count). The van der Waals surface area contributed by atoms with E-state index < -0.39 is 0 Å². The number of hydrogen-bond acceptors (Lipinski definition) is 7. The van der Waals surface area contributed by atoms with Gasteiger partial charge in [0.2, 0.25) is 0 Å². The standard InChI is InChI=1S/C22H23N5O4/c1-13-6-8-14(9-7-13)22(28)23-17-11-30-20-18(12-31-19(17)20)27-21(24-25-26-27)15-4-3-5-16(10-15)29-2/h3-10,17-20H,11-12H2,1-2H3,(H,23,28)/t17-,18-,19+,20+/m0/s1. The number of carbonyl (C=O) groups excluding carboxylic acids is 1. The molecule has 0 saturated carbocycles. The predicted molar refractivity (Wildman–Crippen MR) is 111 cm³/mol. The van der Waals surface area contributed by atoms with E-state index in [1.54, 1.807) is 11.8 Å². The molecule has 1 aromatic heterocycles. The van der Waals surface area contributed by atoms with Crippen molar-refractivity contribution in [2.75, 3.05) is 20.3 Å². The number of methoxy groups -OCH3 is 1. The van der Waals surface area contributed by atoms with E-state index in [2.05, 4.69) is 20.8 Å². The summed E-state index contributed by atoms with van der Waals surface area (Å²) >= 11 is 0. The molecule has 2 aliphatic heterocycles. The average molecular weight is 421 g/mol. The second-order valence-corrected chi connectivity index (χ2v) is 7.79. The molecule has 1 N–H and O–H groups in total. The van der Waals surface area contributed by atoms with E-state index in [0.29, 0.717) is 24.6 Å². The number of nitrogens with one attached hydrogen (secondary N) is 1. The Bertz CT molecular complexity index is 1080. The molecule has 4 atom stereocenters. The lowest BCUT2D eigenvalue weighted by Gasteiger charge is -2.18. The first-order chi connectivity index (χ1) is 15.1. The summed E-state index contributed by atoms with van der Waals surface area (Å²) in [6.45, 7) is 2.76. The van der Waals surface area contributed by atoms with Crippen molar-refractivity contribution in [1.82, 2.24) is 25.5 Å². The molecule has 2 aliphatic rings. The van der Waals surface area contributed by atoms with E-state index in [1.807, 2.05) is 55.5 Å². The van der Waals surface area contributed by atoms with E-state index in [0.717, 1.165) is 16.9 Å². The van der Waals surface area contributed by atoms with Crippen molar-refractivity contribution in [3.63, 3.8) is 0 Å². The molecule has 3 aromatic rings. The monoisotopic (exact) mass is 421 g/mol. The first-order valence-electron chi connectivity index (χ1n) is 10.2. The van der Waals surface area contributed by atoms with Crippen molar-refractivity contribution in [3.05, 3.63) is 59.7 Å². The fourth-order valence-corrected chi connectivity index (χ4v) is 4.14. The number of tetrazole rings is 1. The minimum atomic E-state index is -0.262. The second-order valence-electron chi connectivity index (χ2n) is 7.79. The van der Waals surface area contributed by atoms with Crippen LogP contribution in [0.4, 0.5) is 0 Å². The van der Waals surface area contributed by atoms with Crippen LogP contribution in [0.1, 0.15) is 22.0 Å². The molecule has 2 aromatic carbocycles. The zero-order valence-electron chi connectivity index (χ0n) is 17.3. The molecular formula is C22H23N5O4. The molecule has 160 valence electrons. The molecule has 9 nitrogen and oxygen atoms in total. The molecule has 9 heteroatoms. The van der Waals surface area contributed by atoms with Crippen LogP contribution in [0.15, 0.2) is 48.5 Å². The fraction of sp³-hybridized carbons (Fsp3) is 0.364. The molecule has 0 bridgehead atoms. The first-order valence-corrected chi connectivity index (χ1v) is 10.2. The maximum atomic E-state index is 12.6. The number of rotatable bonds is 5. The van der Waals surface area contributed by atoms with Crippen LogP contribution in [-0.4, -0.2) is 64.7 Å². The van der Waals surface area contributed by atoms with Gasteiger partial charge in [0.1, 0.15) is 24.0 Å². The zero-order valence-corrected chi connectivity index (χ0v) is 17.3. The Morgan fingerprint density at radius 1 is 1.13 bits per heavy atom. The van der Waals surface area contributed by atoms with Crippen molar-refractivity contribution < 1.29 is 19.0 Å². The third kappa shape index (κ3) is 3.66. The Morgan fingerprint density at radius 3 is 2.74 bits per heavy atom. The molecule has 0 radical (unpaired) electrons. The second kappa shape index (κ2) is 8.09. The highest BCUT2D eigenvalue weighted by molar-refractivity contribution is 5.94. The number of ether oxygens (including phenoxy) is 3. The highest BCUT2D eigenvalue weighted by Gasteiger charge is 2.50. The van der Waals surface area contributed by atoms with E-state index in [4.69, 9.17) is 14.2 Å². The average Bonchev–Trinajstić information content (AvgIpc) is 3.51. The van der Waals surface area contributed by atoms with Crippen LogP contribution in [0.5, 0.6) is 5.75 Å². The van der Waals surface area contributed by atoms with E-state index in [1.165, 1.54) is 0 Å². The topological polar surface area (TPSA) is 100 Å². The summed E-state index contributed by atoms with van der Waals surface area (Å²) in [5.41, 5.74) is 2.57. The van der Waals surface area contributed by atoms with Gasteiger partial charge in [-0.05, 0) is 41.6 Å². The number of nitrogens with zero attached hydrogens (tertiary/aromatic N) is 4. The number of hydrogen-bond donors (Lipinski definition) is 1. The third-order valence-electron chi connectivity index (χ3n) is 5.79. The lowest BCUT2D eigenvalue weighted by Crippen LogP contribution is -2.44. The van der Waals surface area contributed by atoms with Crippen molar-refractivity contribution in [3.8, 4) is 17.1 Å². The van der Waals surface area contributed by atoms with Gasteiger partial charge in [-0.15, -0.1) is 5.10 Å². The molecule has 1 amide bonds. The number of fused-ring (bicyclic) bond motifs is 1. The Hall–Kier alpha value is -3.30. The minimum absolute atomic E-state index is 0.138. The number of amides is 1. The number of carbonyl (C=O) groups is 1. The smallest absolute Gasteiger partial charge is 0.251 e. The number of aryl methyl sites for hydroxylation is 1.